The van der Waals surface area contributed by atoms with Crippen molar-refractivity contribution in [3.63, 3.8) is 0 Å². The van der Waals surface area contributed by atoms with Crippen LogP contribution >= 0.6 is 0 Å². The van der Waals surface area contributed by atoms with Crippen molar-refractivity contribution in [2.45, 2.75) is 32.5 Å². The number of halogens is 3. The van der Waals surface area contributed by atoms with E-state index in [2.05, 4.69) is 20.6 Å². The molecule has 0 spiro atoms. The van der Waals surface area contributed by atoms with Gasteiger partial charge in [0, 0.05) is 17.8 Å². The number of aromatic nitrogens is 2. The van der Waals surface area contributed by atoms with E-state index >= 15 is 0 Å². The van der Waals surface area contributed by atoms with E-state index in [9.17, 15) is 13.2 Å². The Balaban J connectivity index is 2.37. The molecular weight excluding hydrogens is 319 g/mol. The molecule has 0 aliphatic carbocycles. The van der Waals surface area contributed by atoms with Crippen LogP contribution < -0.4 is 10.6 Å². The van der Waals surface area contributed by atoms with Crippen molar-refractivity contribution < 1.29 is 13.2 Å². The molecule has 0 unspecified atom stereocenters. The van der Waals surface area contributed by atoms with Crippen LogP contribution in [0.3, 0.4) is 0 Å². The number of alkyl halides is 3. The van der Waals surface area contributed by atoms with Gasteiger partial charge in [0.15, 0.2) is 5.69 Å². The van der Waals surface area contributed by atoms with Crippen LogP contribution in [0.25, 0.3) is 0 Å². The number of nitriles is 1. The molecule has 2 N–H and O–H groups in total. The Labute approximate surface area is 137 Å². The molecule has 0 radical (unpaired) electrons. The molecule has 0 aliphatic rings. The highest BCUT2D eigenvalue weighted by Gasteiger charge is 2.33. The van der Waals surface area contributed by atoms with Crippen molar-refractivity contribution in [1.29, 1.82) is 5.26 Å². The SMILES string of the molecule is CC[C@@H](C)Nc1nc(Nc2cccc(C#N)c2)cc(C(F)(F)F)n1. The summed E-state index contributed by atoms with van der Waals surface area (Å²) in [5.41, 5.74) is -0.180. The summed E-state index contributed by atoms with van der Waals surface area (Å²) in [6.45, 7) is 3.73. The summed E-state index contributed by atoms with van der Waals surface area (Å²) in [7, 11) is 0. The average molecular weight is 335 g/mol. The molecule has 2 rings (SSSR count). The zero-order chi connectivity index (χ0) is 17.7. The molecule has 24 heavy (non-hydrogen) atoms. The predicted octanol–water partition coefficient (Wildman–Crippen LogP) is 4.32. The number of benzene rings is 1. The third kappa shape index (κ3) is 4.59. The lowest BCUT2D eigenvalue weighted by atomic mass is 10.2. The van der Waals surface area contributed by atoms with Gasteiger partial charge in [-0.25, -0.2) is 4.98 Å². The molecular formula is C16H16F3N5. The van der Waals surface area contributed by atoms with Gasteiger partial charge in [-0.2, -0.15) is 23.4 Å². The van der Waals surface area contributed by atoms with E-state index in [0.29, 0.717) is 17.7 Å². The minimum Gasteiger partial charge on any atom is -0.352 e. The van der Waals surface area contributed by atoms with Crippen molar-refractivity contribution in [2.24, 2.45) is 0 Å². The summed E-state index contributed by atoms with van der Waals surface area (Å²) >= 11 is 0. The van der Waals surface area contributed by atoms with Crippen LogP contribution in [0.4, 0.5) is 30.6 Å². The monoisotopic (exact) mass is 335 g/mol. The van der Waals surface area contributed by atoms with Crippen LogP contribution in [0.1, 0.15) is 31.5 Å². The van der Waals surface area contributed by atoms with Crippen molar-refractivity contribution in [3.8, 4) is 6.07 Å². The Bertz CT molecular complexity index is 752. The Morgan fingerprint density at radius 1 is 1.25 bits per heavy atom. The van der Waals surface area contributed by atoms with E-state index in [0.717, 1.165) is 6.07 Å². The molecule has 0 amide bonds. The summed E-state index contributed by atoms with van der Waals surface area (Å²) in [6.07, 6.45) is -3.87. The third-order valence-corrected chi connectivity index (χ3v) is 3.27. The van der Waals surface area contributed by atoms with Gasteiger partial charge in [0.1, 0.15) is 5.82 Å². The summed E-state index contributed by atoms with van der Waals surface area (Å²) in [5.74, 6) is -0.101. The Morgan fingerprint density at radius 2 is 2.00 bits per heavy atom. The molecule has 0 bridgehead atoms. The van der Waals surface area contributed by atoms with Crippen LogP contribution in [0.5, 0.6) is 0 Å². The van der Waals surface area contributed by atoms with Crippen LogP contribution in [0, 0.1) is 11.3 Å². The highest BCUT2D eigenvalue weighted by atomic mass is 19.4. The van der Waals surface area contributed by atoms with Crippen molar-refractivity contribution >= 4 is 17.5 Å². The summed E-state index contributed by atoms with van der Waals surface area (Å²) in [6, 6.07) is 9.13. The van der Waals surface area contributed by atoms with Gasteiger partial charge in [-0.05, 0) is 31.5 Å². The maximum absolute atomic E-state index is 13.0. The largest absolute Gasteiger partial charge is 0.433 e. The number of rotatable bonds is 5. The first-order valence-electron chi connectivity index (χ1n) is 7.32. The fourth-order valence-electron chi connectivity index (χ4n) is 1.86. The number of nitrogens with one attached hydrogen (secondary N) is 2. The van der Waals surface area contributed by atoms with Crippen LogP contribution in [0.2, 0.25) is 0 Å². The number of hydrogen-bond acceptors (Lipinski definition) is 5. The molecule has 0 aliphatic heterocycles. The number of hydrogen-bond donors (Lipinski definition) is 2. The summed E-state index contributed by atoms with van der Waals surface area (Å²) in [5, 5.41) is 14.5. The maximum atomic E-state index is 13.0. The first kappa shape index (κ1) is 17.5. The lowest BCUT2D eigenvalue weighted by Crippen LogP contribution is -2.18. The van der Waals surface area contributed by atoms with Gasteiger partial charge >= 0.3 is 6.18 Å². The minimum atomic E-state index is -4.58. The molecule has 5 nitrogen and oxygen atoms in total. The fraction of sp³-hybridized carbons (Fsp3) is 0.312. The molecule has 0 saturated heterocycles. The first-order valence-corrected chi connectivity index (χ1v) is 7.32. The third-order valence-electron chi connectivity index (χ3n) is 3.27. The van der Waals surface area contributed by atoms with Gasteiger partial charge in [0.2, 0.25) is 5.95 Å². The number of nitrogens with zero attached hydrogens (tertiary/aromatic N) is 3. The second kappa shape index (κ2) is 7.17. The molecule has 126 valence electrons. The Morgan fingerprint density at radius 3 is 2.62 bits per heavy atom. The topological polar surface area (TPSA) is 73.6 Å². The van der Waals surface area contributed by atoms with E-state index in [1.165, 1.54) is 6.07 Å². The fourth-order valence-corrected chi connectivity index (χ4v) is 1.86. The van der Waals surface area contributed by atoms with Crippen molar-refractivity contribution in [2.75, 3.05) is 10.6 Å². The van der Waals surface area contributed by atoms with E-state index in [1.54, 1.807) is 18.2 Å². The summed E-state index contributed by atoms with van der Waals surface area (Å²) < 4.78 is 39.1. The zero-order valence-electron chi connectivity index (χ0n) is 13.1. The average Bonchev–Trinajstić information content (AvgIpc) is 2.53. The standard InChI is InChI=1S/C16H16F3N5/c1-3-10(2)21-15-23-13(16(17,18)19)8-14(24-15)22-12-6-4-5-11(7-12)9-20/h4-8,10H,3H2,1-2H3,(H2,21,22,23,24)/t10-/m1/s1. The smallest absolute Gasteiger partial charge is 0.352 e. The van der Waals surface area contributed by atoms with Gasteiger partial charge in [-0.1, -0.05) is 13.0 Å². The molecule has 0 fully saturated rings. The van der Waals surface area contributed by atoms with E-state index in [-0.39, 0.29) is 17.8 Å². The molecule has 2 aromatic rings. The van der Waals surface area contributed by atoms with E-state index < -0.39 is 11.9 Å². The highest BCUT2D eigenvalue weighted by Crippen LogP contribution is 2.30. The lowest BCUT2D eigenvalue weighted by molar-refractivity contribution is -0.141. The highest BCUT2D eigenvalue weighted by molar-refractivity contribution is 5.59. The lowest BCUT2D eigenvalue weighted by Gasteiger charge is -2.15. The zero-order valence-corrected chi connectivity index (χ0v) is 13.1. The maximum Gasteiger partial charge on any atom is 0.433 e. The first-order chi connectivity index (χ1) is 11.3. The second-order valence-corrected chi connectivity index (χ2v) is 5.23. The van der Waals surface area contributed by atoms with Crippen molar-refractivity contribution in [1.82, 2.24) is 9.97 Å². The van der Waals surface area contributed by atoms with Gasteiger partial charge in [-0.15, -0.1) is 0 Å². The van der Waals surface area contributed by atoms with Gasteiger partial charge in [-0.3, -0.25) is 0 Å². The second-order valence-electron chi connectivity index (χ2n) is 5.23. The minimum absolute atomic E-state index is 0.00165. The molecule has 1 aromatic carbocycles. The van der Waals surface area contributed by atoms with Gasteiger partial charge in [0.05, 0.1) is 11.6 Å². The Hall–Kier alpha value is -2.82. The van der Waals surface area contributed by atoms with Crippen LogP contribution in [-0.4, -0.2) is 16.0 Å². The number of anilines is 3. The van der Waals surface area contributed by atoms with E-state index in [1.807, 2.05) is 19.9 Å². The summed E-state index contributed by atoms with van der Waals surface area (Å²) in [4.78, 5) is 7.60. The van der Waals surface area contributed by atoms with Crippen LogP contribution in [-0.2, 0) is 6.18 Å². The normalized spacial score (nSPS) is 12.3. The molecule has 1 heterocycles. The van der Waals surface area contributed by atoms with Gasteiger partial charge in [0.25, 0.3) is 0 Å². The molecule has 1 atom stereocenters. The quantitative estimate of drug-likeness (QED) is 0.851. The molecule has 0 saturated carbocycles. The Kier molecular flexibility index (Phi) is 5.24. The molecule has 8 heteroatoms. The van der Waals surface area contributed by atoms with Gasteiger partial charge < -0.3 is 10.6 Å². The van der Waals surface area contributed by atoms with E-state index in [4.69, 9.17) is 5.26 Å². The predicted molar refractivity (Wildman–Crippen MR) is 84.8 cm³/mol. The molecule has 1 aromatic heterocycles. The van der Waals surface area contributed by atoms with Crippen LogP contribution in [0.15, 0.2) is 30.3 Å². The van der Waals surface area contributed by atoms with Crippen molar-refractivity contribution in [3.05, 3.63) is 41.6 Å².